The Kier molecular flexibility index (Phi) is 8.80. The number of rotatable bonds is 10. The molecule has 0 aromatic heterocycles. The Morgan fingerprint density at radius 1 is 1.00 bits per heavy atom. The number of amides is 1. The van der Waals surface area contributed by atoms with Crippen molar-refractivity contribution < 1.29 is 14.3 Å². The summed E-state index contributed by atoms with van der Waals surface area (Å²) >= 11 is 0. The first-order valence-electron chi connectivity index (χ1n) is 9.08. The molecule has 5 nitrogen and oxygen atoms in total. The summed E-state index contributed by atoms with van der Waals surface area (Å²) in [6, 6.07) is 17.7. The highest BCUT2D eigenvalue weighted by atomic mass is 16.5. The molecule has 1 amide bonds. The molecule has 5 heteroatoms. The van der Waals surface area contributed by atoms with Crippen LogP contribution < -0.4 is 10.6 Å². The number of carbonyl (C=O) groups excluding carboxylic acids is 2. The number of anilines is 1. The maximum Gasteiger partial charge on any atom is 0.330 e. The van der Waals surface area contributed by atoms with E-state index in [0.717, 1.165) is 30.6 Å². The van der Waals surface area contributed by atoms with Crippen molar-refractivity contribution in [3.05, 3.63) is 71.8 Å². The van der Waals surface area contributed by atoms with Gasteiger partial charge in [0.25, 0.3) is 0 Å². The first kappa shape index (κ1) is 20.4. The van der Waals surface area contributed by atoms with Gasteiger partial charge in [0.15, 0.2) is 0 Å². The Morgan fingerprint density at radius 3 is 2.44 bits per heavy atom. The number of carbonyl (C=O) groups is 2. The Balaban J connectivity index is 1.61. The largest absolute Gasteiger partial charge is 0.466 e. The Labute approximate surface area is 160 Å². The predicted octanol–water partition coefficient (Wildman–Crippen LogP) is 3.42. The van der Waals surface area contributed by atoms with E-state index in [4.69, 9.17) is 0 Å². The number of ether oxygens (including phenoxy) is 1. The number of esters is 1. The number of nitrogens with one attached hydrogen (secondary N) is 2. The maximum atomic E-state index is 12.0. The van der Waals surface area contributed by atoms with Gasteiger partial charge in [0.1, 0.15) is 0 Å². The molecule has 0 atom stereocenters. The van der Waals surface area contributed by atoms with Gasteiger partial charge in [-0.05, 0) is 48.7 Å². The number of benzene rings is 2. The maximum absolute atomic E-state index is 12.0. The third-order valence-corrected chi connectivity index (χ3v) is 4.00. The monoisotopic (exact) mass is 366 g/mol. The first-order valence-corrected chi connectivity index (χ1v) is 9.08. The summed E-state index contributed by atoms with van der Waals surface area (Å²) in [7, 11) is 1.34. The van der Waals surface area contributed by atoms with E-state index in [-0.39, 0.29) is 5.91 Å². The van der Waals surface area contributed by atoms with E-state index < -0.39 is 5.97 Å². The van der Waals surface area contributed by atoms with Crippen molar-refractivity contribution in [2.45, 2.75) is 19.3 Å². The van der Waals surface area contributed by atoms with Crippen LogP contribution in [0, 0.1) is 0 Å². The number of hydrogen-bond donors (Lipinski definition) is 2. The Morgan fingerprint density at radius 2 is 1.74 bits per heavy atom. The van der Waals surface area contributed by atoms with Crippen molar-refractivity contribution >= 4 is 23.6 Å². The summed E-state index contributed by atoms with van der Waals surface area (Å²) in [4.78, 5) is 23.0. The van der Waals surface area contributed by atoms with Gasteiger partial charge in [0.2, 0.25) is 5.91 Å². The van der Waals surface area contributed by atoms with Crippen LogP contribution in [0.3, 0.4) is 0 Å². The lowest BCUT2D eigenvalue weighted by Gasteiger charge is -2.07. The highest BCUT2D eigenvalue weighted by Crippen LogP contribution is 2.11. The molecule has 2 N–H and O–H groups in total. The second-order valence-corrected chi connectivity index (χ2v) is 6.12. The second kappa shape index (κ2) is 11.6. The summed E-state index contributed by atoms with van der Waals surface area (Å²) in [6.07, 6.45) is 5.53. The predicted molar refractivity (Wildman–Crippen MR) is 108 cm³/mol. The van der Waals surface area contributed by atoms with Crippen molar-refractivity contribution in [2.24, 2.45) is 0 Å². The molecule has 142 valence electrons. The zero-order chi connectivity index (χ0) is 19.3. The van der Waals surface area contributed by atoms with Gasteiger partial charge >= 0.3 is 5.97 Å². The van der Waals surface area contributed by atoms with Gasteiger partial charge in [-0.25, -0.2) is 4.79 Å². The van der Waals surface area contributed by atoms with Crippen molar-refractivity contribution in [1.29, 1.82) is 0 Å². The molecule has 2 rings (SSSR count). The minimum absolute atomic E-state index is 0.0246. The van der Waals surface area contributed by atoms with E-state index in [2.05, 4.69) is 39.6 Å². The number of hydrogen-bond acceptors (Lipinski definition) is 4. The lowest BCUT2D eigenvalue weighted by atomic mass is 10.1. The molecule has 0 spiro atoms. The van der Waals surface area contributed by atoms with Crippen LogP contribution in [0.1, 0.15) is 24.0 Å². The van der Waals surface area contributed by atoms with E-state index in [0.29, 0.717) is 13.0 Å². The molecule has 0 aliphatic rings. The molecule has 0 aliphatic heterocycles. The van der Waals surface area contributed by atoms with Gasteiger partial charge in [-0.3, -0.25) is 4.79 Å². The topological polar surface area (TPSA) is 67.4 Å². The lowest BCUT2D eigenvalue weighted by molar-refractivity contribution is -0.134. The first-order chi connectivity index (χ1) is 13.2. The van der Waals surface area contributed by atoms with Gasteiger partial charge in [0, 0.05) is 24.7 Å². The third-order valence-electron chi connectivity index (χ3n) is 4.00. The molecule has 0 radical (unpaired) electrons. The van der Waals surface area contributed by atoms with E-state index in [1.165, 1.54) is 18.7 Å². The third kappa shape index (κ3) is 8.33. The average Bonchev–Trinajstić information content (AvgIpc) is 2.70. The number of aryl methyl sites for hydroxylation is 1. The minimum atomic E-state index is -0.399. The molecule has 0 heterocycles. The van der Waals surface area contributed by atoms with Crippen LogP contribution in [-0.2, 0) is 20.7 Å². The normalized spacial score (nSPS) is 10.7. The summed E-state index contributed by atoms with van der Waals surface area (Å²) < 4.78 is 4.54. The molecule has 0 bridgehead atoms. The zero-order valence-corrected chi connectivity index (χ0v) is 15.6. The molecule has 27 heavy (non-hydrogen) atoms. The van der Waals surface area contributed by atoms with Crippen molar-refractivity contribution in [2.75, 3.05) is 25.5 Å². The smallest absolute Gasteiger partial charge is 0.330 e. The van der Waals surface area contributed by atoms with Gasteiger partial charge in [-0.2, -0.15) is 0 Å². The minimum Gasteiger partial charge on any atom is -0.466 e. The molecule has 0 saturated carbocycles. The quantitative estimate of drug-likeness (QED) is 0.384. The fraction of sp³-hybridized carbons (Fsp3) is 0.273. The zero-order valence-electron chi connectivity index (χ0n) is 15.6. The molecule has 2 aromatic rings. The van der Waals surface area contributed by atoms with Crippen LogP contribution in [-0.4, -0.2) is 32.1 Å². The molecule has 2 aromatic carbocycles. The molecule has 0 unspecified atom stereocenters. The van der Waals surface area contributed by atoms with E-state index in [1.54, 1.807) is 6.08 Å². The standard InChI is InChI=1S/C22H26N2O3/c1-27-22(26)14-11-19-9-12-20(13-10-19)24-21(25)15-17-23-16-5-8-18-6-3-2-4-7-18/h2-4,6-7,9-14,23H,5,8,15-17H2,1H3,(H,24,25). The number of methoxy groups -OCH3 is 1. The van der Waals surface area contributed by atoms with Crippen LogP contribution in [0.25, 0.3) is 6.08 Å². The second-order valence-electron chi connectivity index (χ2n) is 6.12. The van der Waals surface area contributed by atoms with Gasteiger partial charge in [-0.1, -0.05) is 42.5 Å². The summed E-state index contributed by atoms with van der Waals surface area (Å²) in [5.41, 5.74) is 2.93. The van der Waals surface area contributed by atoms with Crippen molar-refractivity contribution in [3.8, 4) is 0 Å². The fourth-order valence-electron chi connectivity index (χ4n) is 2.52. The Hall–Kier alpha value is -2.92. The van der Waals surface area contributed by atoms with Crippen LogP contribution in [0.2, 0.25) is 0 Å². The van der Waals surface area contributed by atoms with E-state index >= 15 is 0 Å². The molecular weight excluding hydrogens is 340 g/mol. The van der Waals surface area contributed by atoms with Gasteiger partial charge < -0.3 is 15.4 Å². The highest BCUT2D eigenvalue weighted by molar-refractivity contribution is 5.91. The van der Waals surface area contributed by atoms with Crippen LogP contribution >= 0.6 is 0 Å². The average molecular weight is 366 g/mol. The van der Waals surface area contributed by atoms with Gasteiger partial charge in [-0.15, -0.1) is 0 Å². The van der Waals surface area contributed by atoms with E-state index in [1.807, 2.05) is 30.3 Å². The van der Waals surface area contributed by atoms with Crippen LogP contribution in [0.4, 0.5) is 5.69 Å². The summed E-state index contributed by atoms with van der Waals surface area (Å²) in [5, 5.41) is 6.17. The highest BCUT2D eigenvalue weighted by Gasteiger charge is 2.02. The van der Waals surface area contributed by atoms with Crippen LogP contribution in [0.15, 0.2) is 60.7 Å². The fourth-order valence-corrected chi connectivity index (χ4v) is 2.52. The van der Waals surface area contributed by atoms with E-state index in [9.17, 15) is 9.59 Å². The van der Waals surface area contributed by atoms with Crippen molar-refractivity contribution in [3.63, 3.8) is 0 Å². The van der Waals surface area contributed by atoms with Crippen molar-refractivity contribution in [1.82, 2.24) is 5.32 Å². The molecule has 0 fully saturated rings. The summed E-state index contributed by atoms with van der Waals surface area (Å²) in [6.45, 7) is 1.55. The SMILES string of the molecule is COC(=O)C=Cc1ccc(NC(=O)CCNCCCc2ccccc2)cc1. The lowest BCUT2D eigenvalue weighted by Crippen LogP contribution is -2.22. The Bertz CT molecular complexity index is 740. The summed E-state index contributed by atoms with van der Waals surface area (Å²) in [5.74, 6) is -0.424. The van der Waals surface area contributed by atoms with Crippen LogP contribution in [0.5, 0.6) is 0 Å². The van der Waals surface area contributed by atoms with Gasteiger partial charge in [0.05, 0.1) is 7.11 Å². The molecule has 0 aliphatic carbocycles. The molecule has 0 saturated heterocycles. The molecular formula is C22H26N2O3.